The van der Waals surface area contributed by atoms with E-state index in [-0.39, 0.29) is 18.2 Å². The summed E-state index contributed by atoms with van der Waals surface area (Å²) < 4.78 is 19.0. The Morgan fingerprint density at radius 1 is 1.17 bits per heavy atom. The smallest absolute Gasteiger partial charge is 0.274 e. The SMILES string of the molecule is O=C1c2c(O)c(=O)cc(OCCF)n2CCN1Cc1ccccc1. The Kier molecular flexibility index (Phi) is 4.50. The molecule has 0 bridgehead atoms. The number of hydrogen-bond donors (Lipinski definition) is 1. The number of carbonyl (C=O) groups is 1. The summed E-state index contributed by atoms with van der Waals surface area (Å²) >= 11 is 0. The molecule has 0 saturated carbocycles. The molecule has 6 nitrogen and oxygen atoms in total. The van der Waals surface area contributed by atoms with Gasteiger partial charge in [0.05, 0.1) is 0 Å². The van der Waals surface area contributed by atoms with Crippen LogP contribution in [0.2, 0.25) is 0 Å². The molecule has 7 heteroatoms. The zero-order chi connectivity index (χ0) is 17.1. The number of carbonyl (C=O) groups excluding carboxylic acids is 1. The number of benzene rings is 1. The summed E-state index contributed by atoms with van der Waals surface area (Å²) in [6, 6.07) is 10.5. The van der Waals surface area contributed by atoms with E-state index in [4.69, 9.17) is 4.74 Å². The number of nitrogens with zero attached hydrogens (tertiary/aromatic N) is 2. The number of hydrogen-bond acceptors (Lipinski definition) is 4. The molecule has 0 saturated heterocycles. The van der Waals surface area contributed by atoms with Crippen molar-refractivity contribution in [2.75, 3.05) is 19.8 Å². The van der Waals surface area contributed by atoms with Crippen molar-refractivity contribution < 1.29 is 19.0 Å². The summed E-state index contributed by atoms with van der Waals surface area (Å²) in [6.45, 7) is 0.200. The van der Waals surface area contributed by atoms with E-state index in [1.165, 1.54) is 4.57 Å². The van der Waals surface area contributed by atoms with Gasteiger partial charge in [-0.15, -0.1) is 0 Å². The minimum absolute atomic E-state index is 0.0955. The number of aromatic nitrogens is 1. The summed E-state index contributed by atoms with van der Waals surface area (Å²) in [5, 5.41) is 10.0. The van der Waals surface area contributed by atoms with Crippen molar-refractivity contribution >= 4 is 5.91 Å². The highest BCUT2D eigenvalue weighted by Gasteiger charge is 2.30. The molecule has 2 aromatic rings. The van der Waals surface area contributed by atoms with Gasteiger partial charge in [0, 0.05) is 25.7 Å². The average Bonchev–Trinajstić information content (AvgIpc) is 2.59. The molecular formula is C17H17FN2O4. The topological polar surface area (TPSA) is 71.8 Å². The first-order valence-electron chi connectivity index (χ1n) is 7.60. The van der Waals surface area contributed by atoms with E-state index in [0.717, 1.165) is 11.6 Å². The van der Waals surface area contributed by atoms with Gasteiger partial charge in [0.2, 0.25) is 5.43 Å². The molecule has 3 rings (SSSR count). The lowest BCUT2D eigenvalue weighted by Gasteiger charge is -2.31. The monoisotopic (exact) mass is 332 g/mol. The van der Waals surface area contributed by atoms with Crippen LogP contribution >= 0.6 is 0 Å². The first-order valence-corrected chi connectivity index (χ1v) is 7.60. The summed E-state index contributed by atoms with van der Waals surface area (Å²) in [5.41, 5.74) is 0.120. The maximum atomic E-state index is 12.7. The Morgan fingerprint density at radius 2 is 1.92 bits per heavy atom. The van der Waals surface area contributed by atoms with Crippen molar-refractivity contribution in [2.24, 2.45) is 0 Å². The van der Waals surface area contributed by atoms with Crippen molar-refractivity contribution in [2.45, 2.75) is 13.1 Å². The molecule has 1 aliphatic heterocycles. The van der Waals surface area contributed by atoms with Gasteiger partial charge in [0.15, 0.2) is 17.3 Å². The Hall–Kier alpha value is -2.83. The third-order valence-corrected chi connectivity index (χ3v) is 3.87. The molecular weight excluding hydrogens is 315 g/mol. The summed E-state index contributed by atoms with van der Waals surface area (Å²) in [4.78, 5) is 26.1. The van der Waals surface area contributed by atoms with E-state index < -0.39 is 23.8 Å². The van der Waals surface area contributed by atoms with Crippen molar-refractivity contribution in [3.63, 3.8) is 0 Å². The van der Waals surface area contributed by atoms with Crippen LogP contribution in [0.15, 0.2) is 41.2 Å². The van der Waals surface area contributed by atoms with Gasteiger partial charge >= 0.3 is 0 Å². The summed E-state index contributed by atoms with van der Waals surface area (Å²) in [6.07, 6.45) is 0. The molecule has 1 N–H and O–H groups in total. The van der Waals surface area contributed by atoms with E-state index >= 15 is 0 Å². The fourth-order valence-corrected chi connectivity index (χ4v) is 2.74. The number of halogens is 1. The average molecular weight is 332 g/mol. The molecule has 0 unspecified atom stereocenters. The molecule has 0 fully saturated rings. The third kappa shape index (κ3) is 2.97. The van der Waals surface area contributed by atoms with Crippen LogP contribution in [-0.2, 0) is 13.1 Å². The zero-order valence-electron chi connectivity index (χ0n) is 12.9. The van der Waals surface area contributed by atoms with Crippen molar-refractivity contribution in [3.8, 4) is 11.6 Å². The third-order valence-electron chi connectivity index (χ3n) is 3.87. The van der Waals surface area contributed by atoms with Gasteiger partial charge in [0.25, 0.3) is 5.91 Å². The van der Waals surface area contributed by atoms with Gasteiger partial charge in [-0.1, -0.05) is 30.3 Å². The predicted octanol–water partition coefficient (Wildman–Crippen LogP) is 1.56. The van der Waals surface area contributed by atoms with Crippen LogP contribution in [0.25, 0.3) is 0 Å². The second kappa shape index (κ2) is 6.74. The first-order chi connectivity index (χ1) is 11.6. The van der Waals surface area contributed by atoms with Crippen LogP contribution in [0.5, 0.6) is 11.6 Å². The van der Waals surface area contributed by atoms with Crippen LogP contribution < -0.4 is 10.2 Å². The lowest BCUT2D eigenvalue weighted by Crippen LogP contribution is -2.41. The van der Waals surface area contributed by atoms with E-state index in [9.17, 15) is 19.1 Å². The molecule has 24 heavy (non-hydrogen) atoms. The van der Waals surface area contributed by atoms with E-state index in [2.05, 4.69) is 0 Å². The highest BCUT2D eigenvalue weighted by atomic mass is 19.1. The van der Waals surface area contributed by atoms with Gasteiger partial charge in [-0.2, -0.15) is 0 Å². The van der Waals surface area contributed by atoms with Gasteiger partial charge in [-0.3, -0.25) is 9.59 Å². The van der Waals surface area contributed by atoms with Crippen LogP contribution in [0.4, 0.5) is 4.39 Å². The normalized spacial score (nSPS) is 13.7. The maximum absolute atomic E-state index is 12.7. The Balaban J connectivity index is 1.94. The fraction of sp³-hybridized carbons (Fsp3) is 0.294. The molecule has 0 radical (unpaired) electrons. The number of amides is 1. The summed E-state index contributed by atoms with van der Waals surface area (Å²) in [5.74, 6) is -0.964. The number of pyridine rings is 1. The number of rotatable bonds is 5. The Morgan fingerprint density at radius 3 is 2.62 bits per heavy atom. The quantitative estimate of drug-likeness (QED) is 0.902. The molecule has 1 aliphatic rings. The predicted molar refractivity (Wildman–Crippen MR) is 85.0 cm³/mol. The van der Waals surface area contributed by atoms with Gasteiger partial charge in [0.1, 0.15) is 13.3 Å². The van der Waals surface area contributed by atoms with Crippen molar-refractivity contribution in [1.82, 2.24) is 9.47 Å². The van der Waals surface area contributed by atoms with Crippen LogP contribution in [-0.4, -0.2) is 40.3 Å². The number of alkyl halides is 1. The van der Waals surface area contributed by atoms with Gasteiger partial charge in [-0.25, -0.2) is 4.39 Å². The number of aromatic hydroxyl groups is 1. The highest BCUT2D eigenvalue weighted by molar-refractivity contribution is 5.96. The van der Waals surface area contributed by atoms with E-state index in [1.807, 2.05) is 30.3 Å². The molecule has 0 atom stereocenters. The second-order valence-electron chi connectivity index (χ2n) is 5.45. The molecule has 2 heterocycles. The minimum Gasteiger partial charge on any atom is -0.503 e. The van der Waals surface area contributed by atoms with Crippen LogP contribution in [0.3, 0.4) is 0 Å². The molecule has 1 amide bonds. The highest BCUT2D eigenvalue weighted by Crippen LogP contribution is 2.25. The zero-order valence-corrected chi connectivity index (χ0v) is 12.9. The molecule has 0 spiro atoms. The van der Waals surface area contributed by atoms with E-state index in [0.29, 0.717) is 19.6 Å². The Labute approximate surface area is 137 Å². The van der Waals surface area contributed by atoms with Gasteiger partial charge < -0.3 is 19.3 Å². The van der Waals surface area contributed by atoms with E-state index in [1.54, 1.807) is 4.90 Å². The standard InChI is InChI=1S/C17H17FN2O4/c18-6-9-24-14-10-13(21)16(22)15-17(23)19(7-8-20(14)15)11-12-4-2-1-3-5-12/h1-5,10,22H,6-9,11H2. The minimum atomic E-state index is -0.718. The van der Waals surface area contributed by atoms with Crippen molar-refractivity contribution in [3.05, 3.63) is 57.9 Å². The fourth-order valence-electron chi connectivity index (χ4n) is 2.74. The molecule has 0 aliphatic carbocycles. The van der Waals surface area contributed by atoms with Crippen LogP contribution in [0, 0.1) is 0 Å². The lowest BCUT2D eigenvalue weighted by molar-refractivity contribution is 0.0674. The largest absolute Gasteiger partial charge is 0.503 e. The first kappa shape index (κ1) is 16.0. The molecule has 126 valence electrons. The molecule has 1 aromatic carbocycles. The maximum Gasteiger partial charge on any atom is 0.274 e. The second-order valence-corrected chi connectivity index (χ2v) is 5.45. The van der Waals surface area contributed by atoms with Gasteiger partial charge in [-0.05, 0) is 5.56 Å². The molecule has 1 aromatic heterocycles. The lowest BCUT2D eigenvalue weighted by atomic mass is 10.1. The van der Waals surface area contributed by atoms with Crippen LogP contribution in [0.1, 0.15) is 16.1 Å². The van der Waals surface area contributed by atoms with Crippen molar-refractivity contribution in [1.29, 1.82) is 0 Å². The Bertz CT molecular complexity index is 804. The number of fused-ring (bicyclic) bond motifs is 1. The number of ether oxygens (including phenoxy) is 1. The summed E-state index contributed by atoms with van der Waals surface area (Å²) in [7, 11) is 0.